The zero-order chi connectivity index (χ0) is 14.1. The van der Waals surface area contributed by atoms with Gasteiger partial charge in [0.25, 0.3) is 0 Å². The lowest BCUT2D eigenvalue weighted by molar-refractivity contribution is -0.118. The predicted molar refractivity (Wildman–Crippen MR) is 80.1 cm³/mol. The van der Waals surface area contributed by atoms with Crippen LogP contribution in [0.15, 0.2) is 36.7 Å². The summed E-state index contributed by atoms with van der Waals surface area (Å²) in [5, 5.41) is 1.07. The maximum atomic E-state index is 10.9. The first-order valence-corrected chi connectivity index (χ1v) is 7.03. The standard InChI is InChI=1S/C14H14N4OS/c15-10(6-13(16)19)12-4-3-11(20-12)9-7-18-14-8(9)2-1-5-17-14/h1-5,7,10H,6,15H2,(H2,16,19)(H,17,18)/t10-/m1/s1. The van der Waals surface area contributed by atoms with Gasteiger partial charge in [0, 0.05) is 45.6 Å². The number of nitrogens with one attached hydrogen (secondary N) is 1. The molecule has 0 aliphatic rings. The molecule has 0 fully saturated rings. The highest BCUT2D eigenvalue weighted by Crippen LogP contribution is 2.35. The Kier molecular flexibility index (Phi) is 3.25. The smallest absolute Gasteiger partial charge is 0.219 e. The monoisotopic (exact) mass is 286 g/mol. The predicted octanol–water partition coefficient (Wildman–Crippen LogP) is 2.17. The number of fused-ring (bicyclic) bond motifs is 1. The largest absolute Gasteiger partial charge is 0.370 e. The quantitative estimate of drug-likeness (QED) is 0.685. The van der Waals surface area contributed by atoms with Gasteiger partial charge in [0.2, 0.25) is 5.91 Å². The molecule has 20 heavy (non-hydrogen) atoms. The van der Waals surface area contributed by atoms with Crippen molar-refractivity contribution in [2.24, 2.45) is 11.5 Å². The van der Waals surface area contributed by atoms with Gasteiger partial charge < -0.3 is 16.5 Å². The number of carbonyl (C=O) groups excluding carboxylic acids is 1. The number of hydrogen-bond donors (Lipinski definition) is 3. The lowest BCUT2D eigenvalue weighted by Crippen LogP contribution is -2.19. The SMILES string of the molecule is NC(=O)C[C@@H](N)c1ccc(-c2c[nH]c3ncccc23)s1. The number of primary amides is 1. The van der Waals surface area contributed by atoms with Crippen LogP contribution >= 0.6 is 11.3 Å². The molecule has 3 aromatic rings. The Hall–Kier alpha value is -2.18. The third kappa shape index (κ3) is 2.31. The summed E-state index contributed by atoms with van der Waals surface area (Å²) in [6.45, 7) is 0. The zero-order valence-electron chi connectivity index (χ0n) is 10.7. The van der Waals surface area contributed by atoms with E-state index in [1.807, 2.05) is 30.5 Å². The van der Waals surface area contributed by atoms with Gasteiger partial charge in [-0.1, -0.05) is 0 Å². The van der Waals surface area contributed by atoms with Crippen LogP contribution < -0.4 is 11.5 Å². The summed E-state index contributed by atoms with van der Waals surface area (Å²) in [6, 6.07) is 7.55. The molecular weight excluding hydrogens is 272 g/mol. The molecule has 3 rings (SSSR count). The van der Waals surface area contributed by atoms with Crippen molar-refractivity contribution in [1.29, 1.82) is 0 Å². The van der Waals surface area contributed by atoms with Gasteiger partial charge in [0.05, 0.1) is 0 Å². The Labute approximate surface area is 119 Å². The second kappa shape index (κ2) is 5.07. The van der Waals surface area contributed by atoms with Crippen molar-refractivity contribution in [1.82, 2.24) is 9.97 Å². The molecule has 1 atom stereocenters. The molecule has 1 amide bonds. The van der Waals surface area contributed by atoms with Gasteiger partial charge in [-0.15, -0.1) is 11.3 Å². The summed E-state index contributed by atoms with van der Waals surface area (Å²) in [7, 11) is 0. The molecule has 0 saturated heterocycles. The minimum absolute atomic E-state index is 0.162. The van der Waals surface area contributed by atoms with Gasteiger partial charge in [0.1, 0.15) is 5.65 Å². The molecule has 6 heteroatoms. The van der Waals surface area contributed by atoms with Gasteiger partial charge in [0.15, 0.2) is 0 Å². The van der Waals surface area contributed by atoms with Gasteiger partial charge >= 0.3 is 0 Å². The minimum Gasteiger partial charge on any atom is -0.370 e. The lowest BCUT2D eigenvalue weighted by atomic mass is 10.1. The number of aromatic amines is 1. The third-order valence-corrected chi connectivity index (χ3v) is 4.38. The van der Waals surface area contributed by atoms with E-state index in [-0.39, 0.29) is 18.4 Å². The number of hydrogen-bond acceptors (Lipinski definition) is 4. The average molecular weight is 286 g/mol. The summed E-state index contributed by atoms with van der Waals surface area (Å²) in [6.07, 6.45) is 3.85. The van der Waals surface area contributed by atoms with Crippen LogP contribution in [0.1, 0.15) is 17.3 Å². The van der Waals surface area contributed by atoms with E-state index in [1.165, 1.54) is 0 Å². The summed E-state index contributed by atoms with van der Waals surface area (Å²) in [4.78, 5) is 20.4. The molecule has 0 aromatic carbocycles. The summed E-state index contributed by atoms with van der Waals surface area (Å²) in [5.41, 5.74) is 13.1. The van der Waals surface area contributed by atoms with Gasteiger partial charge in [-0.05, 0) is 24.3 Å². The highest BCUT2D eigenvalue weighted by molar-refractivity contribution is 7.15. The fourth-order valence-electron chi connectivity index (χ4n) is 2.17. The van der Waals surface area contributed by atoms with Crippen molar-refractivity contribution in [2.45, 2.75) is 12.5 Å². The van der Waals surface area contributed by atoms with E-state index in [0.717, 1.165) is 26.4 Å². The van der Waals surface area contributed by atoms with Gasteiger partial charge in [-0.2, -0.15) is 0 Å². The van der Waals surface area contributed by atoms with Crippen LogP contribution in [0.5, 0.6) is 0 Å². The topological polar surface area (TPSA) is 97.8 Å². The average Bonchev–Trinajstić information content (AvgIpc) is 3.04. The number of rotatable bonds is 4. The van der Waals surface area contributed by atoms with Crippen LogP contribution in [0.2, 0.25) is 0 Å². The summed E-state index contributed by atoms with van der Waals surface area (Å²) >= 11 is 1.57. The summed E-state index contributed by atoms with van der Waals surface area (Å²) < 4.78 is 0. The number of pyridine rings is 1. The second-order valence-corrected chi connectivity index (χ2v) is 5.70. The van der Waals surface area contributed by atoms with Crippen molar-refractivity contribution >= 4 is 28.3 Å². The van der Waals surface area contributed by atoms with Crippen LogP contribution in [0.3, 0.4) is 0 Å². The Balaban J connectivity index is 1.95. The van der Waals surface area contributed by atoms with Crippen LogP contribution in [-0.4, -0.2) is 15.9 Å². The normalized spacial score (nSPS) is 12.7. The van der Waals surface area contributed by atoms with Gasteiger partial charge in [-0.3, -0.25) is 4.79 Å². The van der Waals surface area contributed by atoms with Crippen LogP contribution in [0.4, 0.5) is 0 Å². The van der Waals surface area contributed by atoms with Crippen molar-refractivity contribution in [3.63, 3.8) is 0 Å². The Morgan fingerprint density at radius 3 is 3.05 bits per heavy atom. The minimum atomic E-state index is -0.385. The molecule has 102 valence electrons. The van der Waals surface area contributed by atoms with E-state index in [0.29, 0.717) is 0 Å². The summed E-state index contributed by atoms with van der Waals surface area (Å²) in [5.74, 6) is -0.385. The molecular formula is C14H14N4OS. The Morgan fingerprint density at radius 1 is 1.40 bits per heavy atom. The number of H-pyrrole nitrogens is 1. The fraction of sp³-hybridized carbons (Fsp3) is 0.143. The van der Waals surface area contributed by atoms with E-state index in [1.54, 1.807) is 17.5 Å². The van der Waals surface area contributed by atoms with Crippen molar-refractivity contribution in [3.05, 3.63) is 41.5 Å². The number of thiophene rings is 1. The molecule has 0 bridgehead atoms. The first kappa shape index (κ1) is 12.8. The first-order valence-electron chi connectivity index (χ1n) is 6.21. The van der Waals surface area contributed by atoms with Crippen molar-refractivity contribution < 1.29 is 4.79 Å². The lowest BCUT2D eigenvalue weighted by Gasteiger charge is -2.05. The molecule has 3 aromatic heterocycles. The highest BCUT2D eigenvalue weighted by Gasteiger charge is 2.14. The Morgan fingerprint density at radius 2 is 2.25 bits per heavy atom. The number of aromatic nitrogens is 2. The maximum Gasteiger partial charge on any atom is 0.219 e. The second-order valence-electron chi connectivity index (χ2n) is 4.58. The molecule has 0 spiro atoms. The third-order valence-electron chi connectivity index (χ3n) is 3.13. The molecule has 0 aliphatic carbocycles. The molecule has 3 heterocycles. The van der Waals surface area contributed by atoms with Crippen molar-refractivity contribution in [2.75, 3.05) is 0 Å². The fourth-order valence-corrected chi connectivity index (χ4v) is 3.21. The Bertz CT molecular complexity index is 761. The molecule has 0 saturated carbocycles. The van der Waals surface area contributed by atoms with E-state index < -0.39 is 0 Å². The zero-order valence-corrected chi connectivity index (χ0v) is 11.5. The maximum absolute atomic E-state index is 10.9. The number of carbonyl (C=O) groups is 1. The van der Waals surface area contributed by atoms with Gasteiger partial charge in [-0.25, -0.2) is 4.98 Å². The highest BCUT2D eigenvalue weighted by atomic mass is 32.1. The van der Waals surface area contributed by atoms with Crippen LogP contribution in [-0.2, 0) is 4.79 Å². The van der Waals surface area contributed by atoms with Crippen LogP contribution in [0.25, 0.3) is 21.5 Å². The number of nitrogens with two attached hydrogens (primary N) is 2. The van der Waals surface area contributed by atoms with E-state index in [9.17, 15) is 4.79 Å². The van der Waals surface area contributed by atoms with Crippen LogP contribution in [0, 0.1) is 0 Å². The molecule has 0 radical (unpaired) electrons. The molecule has 5 nitrogen and oxygen atoms in total. The van der Waals surface area contributed by atoms with E-state index >= 15 is 0 Å². The number of amides is 1. The van der Waals surface area contributed by atoms with E-state index in [2.05, 4.69) is 9.97 Å². The molecule has 0 unspecified atom stereocenters. The molecule has 5 N–H and O–H groups in total. The van der Waals surface area contributed by atoms with E-state index in [4.69, 9.17) is 11.5 Å². The number of nitrogens with zero attached hydrogens (tertiary/aromatic N) is 1. The molecule has 0 aliphatic heterocycles. The first-order chi connectivity index (χ1) is 9.65. The van der Waals surface area contributed by atoms with Crippen molar-refractivity contribution in [3.8, 4) is 10.4 Å².